The zero-order valence-corrected chi connectivity index (χ0v) is 9.95. The van der Waals surface area contributed by atoms with E-state index in [9.17, 15) is 4.79 Å². The van der Waals surface area contributed by atoms with Gasteiger partial charge in [0.25, 0.3) is 0 Å². The third-order valence-electron chi connectivity index (χ3n) is 2.47. The van der Waals surface area contributed by atoms with E-state index in [2.05, 4.69) is 0 Å². The van der Waals surface area contributed by atoms with Gasteiger partial charge in [0.05, 0.1) is 0 Å². The van der Waals surface area contributed by atoms with Gasteiger partial charge in [-0.25, -0.2) is 0 Å². The Bertz CT molecular complexity index is 513. The summed E-state index contributed by atoms with van der Waals surface area (Å²) in [7, 11) is 0. The van der Waals surface area contributed by atoms with Crippen LogP contribution in [0.2, 0.25) is 0 Å². The van der Waals surface area contributed by atoms with Crippen molar-refractivity contribution in [2.75, 3.05) is 6.61 Å². The predicted octanol–water partition coefficient (Wildman–Crippen LogP) is 3.59. The standard InChI is InChI=1S/C16H14O2/c17-13-15-10-8-14(9-11-15)5-4-12-18-16-6-2-1-3-7-16/h1-11,13H,12H2/b5-4+. The van der Waals surface area contributed by atoms with E-state index in [4.69, 9.17) is 4.74 Å². The molecular weight excluding hydrogens is 224 g/mol. The molecule has 2 nitrogen and oxygen atoms in total. The summed E-state index contributed by atoms with van der Waals surface area (Å²) in [6.45, 7) is 0.527. The SMILES string of the molecule is O=Cc1ccc(/C=C/COc2ccccc2)cc1. The van der Waals surface area contributed by atoms with Crippen molar-refractivity contribution < 1.29 is 9.53 Å². The van der Waals surface area contributed by atoms with E-state index in [0.717, 1.165) is 17.6 Å². The van der Waals surface area contributed by atoms with E-state index in [1.807, 2.05) is 54.6 Å². The molecule has 0 fully saturated rings. The van der Waals surface area contributed by atoms with Crippen LogP contribution in [0.3, 0.4) is 0 Å². The fraction of sp³-hybridized carbons (Fsp3) is 0.0625. The van der Waals surface area contributed by atoms with Gasteiger partial charge in [0.15, 0.2) is 0 Å². The number of aldehydes is 1. The summed E-state index contributed by atoms with van der Waals surface area (Å²) >= 11 is 0. The van der Waals surface area contributed by atoms with E-state index in [0.29, 0.717) is 12.2 Å². The maximum absolute atomic E-state index is 10.5. The quantitative estimate of drug-likeness (QED) is 0.744. The number of benzene rings is 2. The van der Waals surface area contributed by atoms with Gasteiger partial charge in [0.1, 0.15) is 18.6 Å². The largest absolute Gasteiger partial charge is 0.490 e. The van der Waals surface area contributed by atoms with Crippen LogP contribution in [0.15, 0.2) is 60.7 Å². The zero-order valence-electron chi connectivity index (χ0n) is 9.95. The van der Waals surface area contributed by atoms with Gasteiger partial charge >= 0.3 is 0 Å². The van der Waals surface area contributed by atoms with Crippen LogP contribution in [-0.2, 0) is 0 Å². The Labute approximate surface area is 107 Å². The normalized spacial score (nSPS) is 10.4. The Morgan fingerprint density at radius 1 is 0.889 bits per heavy atom. The predicted molar refractivity (Wildman–Crippen MR) is 72.8 cm³/mol. The van der Waals surface area contributed by atoms with Gasteiger partial charge in [-0.3, -0.25) is 4.79 Å². The summed E-state index contributed by atoms with van der Waals surface area (Å²) in [6.07, 6.45) is 4.76. The first-order chi connectivity index (χ1) is 8.88. The minimum Gasteiger partial charge on any atom is -0.490 e. The summed E-state index contributed by atoms with van der Waals surface area (Å²) in [5, 5.41) is 0. The van der Waals surface area contributed by atoms with Crippen LogP contribution in [0.25, 0.3) is 6.08 Å². The lowest BCUT2D eigenvalue weighted by Crippen LogP contribution is -1.92. The zero-order chi connectivity index (χ0) is 12.6. The molecular formula is C16H14O2. The van der Waals surface area contributed by atoms with Crippen LogP contribution in [0.5, 0.6) is 5.75 Å². The molecule has 2 heteroatoms. The molecule has 0 bridgehead atoms. The van der Waals surface area contributed by atoms with Crippen molar-refractivity contribution in [3.63, 3.8) is 0 Å². The van der Waals surface area contributed by atoms with E-state index in [-0.39, 0.29) is 0 Å². The average molecular weight is 238 g/mol. The Morgan fingerprint density at radius 3 is 2.22 bits per heavy atom. The molecule has 0 unspecified atom stereocenters. The van der Waals surface area contributed by atoms with E-state index in [1.54, 1.807) is 12.1 Å². The Kier molecular flexibility index (Phi) is 4.31. The number of hydrogen-bond acceptors (Lipinski definition) is 2. The van der Waals surface area contributed by atoms with Crippen molar-refractivity contribution in [2.45, 2.75) is 0 Å². The highest BCUT2D eigenvalue weighted by molar-refractivity contribution is 5.75. The van der Waals surface area contributed by atoms with Gasteiger partial charge in [0.2, 0.25) is 0 Å². The average Bonchev–Trinajstić information content (AvgIpc) is 2.45. The molecule has 2 aromatic carbocycles. The number of hydrogen-bond donors (Lipinski definition) is 0. The molecule has 0 aliphatic heterocycles. The van der Waals surface area contributed by atoms with Crippen molar-refractivity contribution >= 4 is 12.4 Å². The number of para-hydroxylation sites is 1. The van der Waals surface area contributed by atoms with Gasteiger partial charge < -0.3 is 4.74 Å². The van der Waals surface area contributed by atoms with Gasteiger partial charge in [0, 0.05) is 5.56 Å². The van der Waals surface area contributed by atoms with Crippen molar-refractivity contribution in [1.82, 2.24) is 0 Å². The third kappa shape index (κ3) is 3.59. The molecule has 0 radical (unpaired) electrons. The van der Waals surface area contributed by atoms with Crippen molar-refractivity contribution in [1.29, 1.82) is 0 Å². The van der Waals surface area contributed by atoms with Crippen molar-refractivity contribution in [3.05, 3.63) is 71.8 Å². The molecule has 90 valence electrons. The Hall–Kier alpha value is -2.35. The minimum absolute atomic E-state index is 0.527. The first-order valence-corrected chi connectivity index (χ1v) is 5.78. The second-order valence-electron chi connectivity index (χ2n) is 3.81. The third-order valence-corrected chi connectivity index (χ3v) is 2.47. The molecule has 0 heterocycles. The monoisotopic (exact) mass is 238 g/mol. The maximum Gasteiger partial charge on any atom is 0.150 e. The lowest BCUT2D eigenvalue weighted by atomic mass is 10.1. The smallest absolute Gasteiger partial charge is 0.150 e. The number of carbonyl (C=O) groups is 1. The van der Waals surface area contributed by atoms with Crippen molar-refractivity contribution in [3.8, 4) is 5.75 Å². The van der Waals surface area contributed by atoms with Crippen LogP contribution in [-0.4, -0.2) is 12.9 Å². The van der Waals surface area contributed by atoms with E-state index in [1.165, 1.54) is 0 Å². The van der Waals surface area contributed by atoms with Gasteiger partial charge in [-0.2, -0.15) is 0 Å². The molecule has 0 aliphatic carbocycles. The molecule has 0 aliphatic rings. The number of carbonyl (C=O) groups excluding carboxylic acids is 1. The Balaban J connectivity index is 1.85. The molecule has 0 N–H and O–H groups in total. The Morgan fingerprint density at radius 2 is 1.56 bits per heavy atom. The van der Waals surface area contributed by atoms with E-state index >= 15 is 0 Å². The summed E-state index contributed by atoms with van der Waals surface area (Å²) in [5.74, 6) is 0.860. The van der Waals surface area contributed by atoms with Crippen LogP contribution in [0.1, 0.15) is 15.9 Å². The highest BCUT2D eigenvalue weighted by Gasteiger charge is 1.90. The molecule has 2 aromatic rings. The van der Waals surface area contributed by atoms with E-state index < -0.39 is 0 Å². The summed E-state index contributed by atoms with van der Waals surface area (Å²) in [6, 6.07) is 17.1. The summed E-state index contributed by atoms with van der Waals surface area (Å²) < 4.78 is 5.53. The molecule has 18 heavy (non-hydrogen) atoms. The molecule has 0 saturated heterocycles. The lowest BCUT2D eigenvalue weighted by molar-refractivity contribution is 0.112. The fourth-order valence-electron chi connectivity index (χ4n) is 1.53. The lowest BCUT2D eigenvalue weighted by Gasteiger charge is -2.01. The van der Waals surface area contributed by atoms with Gasteiger partial charge in [-0.15, -0.1) is 0 Å². The van der Waals surface area contributed by atoms with Gasteiger partial charge in [-0.05, 0) is 23.8 Å². The highest BCUT2D eigenvalue weighted by atomic mass is 16.5. The molecule has 2 rings (SSSR count). The molecule has 0 atom stereocenters. The molecule has 0 spiro atoms. The fourth-order valence-corrected chi connectivity index (χ4v) is 1.53. The highest BCUT2D eigenvalue weighted by Crippen LogP contribution is 2.09. The topological polar surface area (TPSA) is 26.3 Å². The molecule has 0 aromatic heterocycles. The maximum atomic E-state index is 10.5. The number of rotatable bonds is 5. The summed E-state index contributed by atoms with van der Waals surface area (Å²) in [5.41, 5.74) is 1.74. The molecule has 0 amide bonds. The van der Waals surface area contributed by atoms with Crippen molar-refractivity contribution in [2.24, 2.45) is 0 Å². The number of ether oxygens (including phenoxy) is 1. The second kappa shape index (κ2) is 6.40. The first kappa shape index (κ1) is 12.1. The second-order valence-corrected chi connectivity index (χ2v) is 3.81. The van der Waals surface area contributed by atoms with Crippen LogP contribution < -0.4 is 4.74 Å². The summed E-state index contributed by atoms with van der Waals surface area (Å²) in [4.78, 5) is 10.5. The van der Waals surface area contributed by atoms with Crippen LogP contribution in [0.4, 0.5) is 0 Å². The minimum atomic E-state index is 0.527. The van der Waals surface area contributed by atoms with Crippen LogP contribution >= 0.6 is 0 Å². The van der Waals surface area contributed by atoms with Gasteiger partial charge in [-0.1, -0.05) is 48.5 Å². The first-order valence-electron chi connectivity index (χ1n) is 5.78. The van der Waals surface area contributed by atoms with Crippen LogP contribution in [0, 0.1) is 0 Å². The molecule has 0 saturated carbocycles.